The lowest BCUT2D eigenvalue weighted by molar-refractivity contribution is 0.572. The van der Waals surface area contributed by atoms with E-state index in [1.165, 1.54) is 15.7 Å². The largest absolute Gasteiger partial charge is 0.279 e. The molecular weight excluding hydrogens is 322 g/mol. The third-order valence-corrected chi connectivity index (χ3v) is 5.35. The first-order chi connectivity index (χ1) is 9.49. The van der Waals surface area contributed by atoms with Crippen LogP contribution in [0.5, 0.6) is 0 Å². The fourth-order valence-electron chi connectivity index (χ4n) is 1.79. The third kappa shape index (κ3) is 2.22. The Bertz CT molecular complexity index is 863. The normalized spacial score (nSPS) is 12.3. The SMILES string of the molecule is Cn1nccc1CNS(=O)(=O)c1c(Cl)nc2sccn12. The minimum absolute atomic E-state index is 0.0330. The molecule has 0 aliphatic rings. The molecule has 0 aromatic carbocycles. The van der Waals surface area contributed by atoms with Crippen LogP contribution >= 0.6 is 22.9 Å². The number of imidazole rings is 1. The molecule has 0 aliphatic carbocycles. The molecular formula is C10H10ClN5O2S2. The van der Waals surface area contributed by atoms with Gasteiger partial charge in [0, 0.05) is 24.8 Å². The van der Waals surface area contributed by atoms with Gasteiger partial charge in [-0.25, -0.2) is 18.1 Å². The maximum Gasteiger partial charge on any atom is 0.260 e. The van der Waals surface area contributed by atoms with Gasteiger partial charge in [-0.2, -0.15) is 5.10 Å². The molecule has 0 spiro atoms. The van der Waals surface area contributed by atoms with Gasteiger partial charge in [0.1, 0.15) is 0 Å². The summed E-state index contributed by atoms with van der Waals surface area (Å²) in [6.07, 6.45) is 3.23. The van der Waals surface area contributed by atoms with Crippen molar-refractivity contribution >= 4 is 37.9 Å². The van der Waals surface area contributed by atoms with E-state index in [0.717, 1.165) is 5.69 Å². The van der Waals surface area contributed by atoms with Crippen LogP contribution in [0.1, 0.15) is 5.69 Å². The number of aryl methyl sites for hydroxylation is 1. The molecule has 3 heterocycles. The average molecular weight is 332 g/mol. The highest BCUT2D eigenvalue weighted by Gasteiger charge is 2.24. The van der Waals surface area contributed by atoms with Crippen molar-refractivity contribution in [2.75, 3.05) is 0 Å². The zero-order valence-electron chi connectivity index (χ0n) is 10.3. The Hall–Kier alpha value is -1.42. The highest BCUT2D eigenvalue weighted by atomic mass is 35.5. The Morgan fingerprint density at radius 2 is 2.30 bits per heavy atom. The average Bonchev–Trinajstić information content (AvgIpc) is 3.02. The molecule has 0 aliphatic heterocycles. The molecule has 0 fully saturated rings. The summed E-state index contributed by atoms with van der Waals surface area (Å²) in [5.74, 6) is 0. The summed E-state index contributed by atoms with van der Waals surface area (Å²) in [4.78, 5) is 4.55. The van der Waals surface area contributed by atoms with Gasteiger partial charge in [-0.3, -0.25) is 9.08 Å². The number of hydrogen-bond acceptors (Lipinski definition) is 5. The minimum Gasteiger partial charge on any atom is -0.279 e. The molecule has 7 nitrogen and oxygen atoms in total. The van der Waals surface area contributed by atoms with E-state index in [1.54, 1.807) is 35.6 Å². The van der Waals surface area contributed by atoms with E-state index in [-0.39, 0.29) is 16.7 Å². The monoisotopic (exact) mass is 331 g/mol. The predicted octanol–water partition coefficient (Wildman–Crippen LogP) is 1.26. The number of halogens is 1. The van der Waals surface area contributed by atoms with Crippen molar-refractivity contribution < 1.29 is 8.42 Å². The maximum absolute atomic E-state index is 12.4. The van der Waals surface area contributed by atoms with E-state index >= 15 is 0 Å². The van der Waals surface area contributed by atoms with E-state index < -0.39 is 10.0 Å². The Kier molecular flexibility index (Phi) is 3.28. The number of rotatable bonds is 4. The van der Waals surface area contributed by atoms with Gasteiger partial charge in [-0.15, -0.1) is 11.3 Å². The topological polar surface area (TPSA) is 81.3 Å². The lowest BCUT2D eigenvalue weighted by atomic mass is 10.4. The number of thiazole rings is 1. The molecule has 0 saturated carbocycles. The highest BCUT2D eigenvalue weighted by Crippen LogP contribution is 2.25. The lowest BCUT2D eigenvalue weighted by Crippen LogP contribution is -2.25. The van der Waals surface area contributed by atoms with Gasteiger partial charge < -0.3 is 0 Å². The fraction of sp³-hybridized carbons (Fsp3) is 0.200. The van der Waals surface area contributed by atoms with E-state index in [4.69, 9.17) is 11.6 Å². The number of nitrogens with one attached hydrogen (secondary N) is 1. The summed E-state index contributed by atoms with van der Waals surface area (Å²) < 4.78 is 30.3. The van der Waals surface area contributed by atoms with Crippen LogP contribution in [0.3, 0.4) is 0 Å². The van der Waals surface area contributed by atoms with Crippen LogP contribution in [0.2, 0.25) is 5.15 Å². The number of nitrogens with zero attached hydrogens (tertiary/aromatic N) is 4. The predicted molar refractivity (Wildman–Crippen MR) is 75.3 cm³/mol. The number of hydrogen-bond donors (Lipinski definition) is 1. The molecule has 0 bridgehead atoms. The summed E-state index contributed by atoms with van der Waals surface area (Å²) in [5, 5.41) is 5.65. The summed E-state index contributed by atoms with van der Waals surface area (Å²) in [5.41, 5.74) is 0.746. The summed E-state index contributed by atoms with van der Waals surface area (Å²) in [6, 6.07) is 1.74. The van der Waals surface area contributed by atoms with E-state index in [0.29, 0.717) is 4.96 Å². The highest BCUT2D eigenvalue weighted by molar-refractivity contribution is 7.89. The quantitative estimate of drug-likeness (QED) is 0.780. The Balaban J connectivity index is 1.94. The summed E-state index contributed by atoms with van der Waals surface area (Å²) in [7, 11) is -2.01. The molecule has 20 heavy (non-hydrogen) atoms. The van der Waals surface area contributed by atoms with Crippen molar-refractivity contribution in [3.8, 4) is 0 Å². The first-order valence-electron chi connectivity index (χ1n) is 5.56. The fourth-order valence-corrected chi connectivity index (χ4v) is 4.24. The number of sulfonamides is 1. The molecule has 0 radical (unpaired) electrons. The second kappa shape index (κ2) is 4.85. The molecule has 0 amide bonds. The van der Waals surface area contributed by atoms with Crippen molar-refractivity contribution in [3.05, 3.63) is 34.7 Å². The lowest BCUT2D eigenvalue weighted by Gasteiger charge is -2.06. The smallest absolute Gasteiger partial charge is 0.260 e. The van der Waals surface area contributed by atoms with Crippen LogP contribution in [-0.4, -0.2) is 27.6 Å². The first kappa shape index (κ1) is 13.6. The molecule has 10 heteroatoms. The third-order valence-electron chi connectivity index (χ3n) is 2.80. The zero-order chi connectivity index (χ0) is 14.3. The standard InChI is InChI=1S/C10H10ClN5O2S2/c1-15-7(2-3-12-15)6-13-20(17,18)9-8(11)14-10-16(9)4-5-19-10/h2-5,13H,6H2,1H3. The summed E-state index contributed by atoms with van der Waals surface area (Å²) in [6.45, 7) is 0.131. The van der Waals surface area contributed by atoms with Crippen LogP contribution in [-0.2, 0) is 23.6 Å². The minimum atomic E-state index is -3.75. The van der Waals surface area contributed by atoms with Crippen molar-refractivity contribution in [1.82, 2.24) is 23.9 Å². The Morgan fingerprint density at radius 3 is 3.00 bits per heavy atom. The van der Waals surface area contributed by atoms with E-state index in [1.807, 2.05) is 0 Å². The maximum atomic E-state index is 12.4. The van der Waals surface area contributed by atoms with Crippen LogP contribution < -0.4 is 4.72 Å². The van der Waals surface area contributed by atoms with Gasteiger partial charge in [-0.05, 0) is 6.07 Å². The van der Waals surface area contributed by atoms with E-state index in [9.17, 15) is 8.42 Å². The zero-order valence-corrected chi connectivity index (χ0v) is 12.7. The number of fused-ring (bicyclic) bond motifs is 1. The second-order valence-corrected chi connectivity index (χ2v) is 6.95. The van der Waals surface area contributed by atoms with Crippen LogP contribution in [0.15, 0.2) is 28.9 Å². The Labute approximate surface area is 123 Å². The van der Waals surface area contributed by atoms with Crippen LogP contribution in [0.25, 0.3) is 4.96 Å². The van der Waals surface area contributed by atoms with Gasteiger partial charge in [-0.1, -0.05) is 11.6 Å². The van der Waals surface area contributed by atoms with Gasteiger partial charge in [0.05, 0.1) is 12.2 Å². The van der Waals surface area contributed by atoms with Crippen molar-refractivity contribution in [3.63, 3.8) is 0 Å². The molecule has 3 rings (SSSR count). The van der Waals surface area contributed by atoms with Crippen LogP contribution in [0.4, 0.5) is 0 Å². The molecule has 1 N–H and O–H groups in total. The molecule has 3 aromatic heterocycles. The van der Waals surface area contributed by atoms with Crippen molar-refractivity contribution in [1.29, 1.82) is 0 Å². The van der Waals surface area contributed by atoms with Gasteiger partial charge in [0.15, 0.2) is 15.1 Å². The van der Waals surface area contributed by atoms with Gasteiger partial charge in [0.2, 0.25) is 0 Å². The number of aromatic nitrogens is 4. The molecule has 106 valence electrons. The van der Waals surface area contributed by atoms with Crippen LogP contribution in [0, 0.1) is 0 Å². The molecule has 3 aromatic rings. The first-order valence-corrected chi connectivity index (χ1v) is 8.31. The van der Waals surface area contributed by atoms with Gasteiger partial charge >= 0.3 is 0 Å². The second-order valence-electron chi connectivity index (χ2n) is 4.03. The van der Waals surface area contributed by atoms with E-state index in [2.05, 4.69) is 14.8 Å². The van der Waals surface area contributed by atoms with Crippen molar-refractivity contribution in [2.24, 2.45) is 7.05 Å². The molecule has 0 atom stereocenters. The Morgan fingerprint density at radius 1 is 1.50 bits per heavy atom. The summed E-state index contributed by atoms with van der Waals surface area (Å²) >= 11 is 7.24. The van der Waals surface area contributed by atoms with Gasteiger partial charge in [0.25, 0.3) is 10.0 Å². The molecule has 0 unspecified atom stereocenters. The van der Waals surface area contributed by atoms with Crippen molar-refractivity contribution in [2.45, 2.75) is 11.6 Å². The molecule has 0 saturated heterocycles.